The van der Waals surface area contributed by atoms with E-state index >= 15 is 0 Å². The highest BCUT2D eigenvalue weighted by Gasteiger charge is 2.06. The second-order valence-corrected chi connectivity index (χ2v) is 5.11. The Balaban J connectivity index is 2.02. The molecular formula is C17H16ClNO2. The number of nitriles is 1. The highest BCUT2D eigenvalue weighted by atomic mass is 35.5. The molecule has 0 aliphatic rings. The van der Waals surface area contributed by atoms with Crippen LogP contribution in [0.3, 0.4) is 0 Å². The molecule has 0 radical (unpaired) electrons. The molecule has 108 valence electrons. The fraction of sp³-hybridized carbons (Fsp3) is 0.235. The Labute approximate surface area is 129 Å². The third-order valence-corrected chi connectivity index (χ3v) is 3.58. The molecule has 0 bridgehead atoms. The fourth-order valence-corrected chi connectivity index (χ4v) is 2.15. The summed E-state index contributed by atoms with van der Waals surface area (Å²) in [4.78, 5) is 0. The molecule has 0 aliphatic heterocycles. The molecule has 1 N–H and O–H groups in total. The molecule has 0 unspecified atom stereocenters. The second kappa shape index (κ2) is 7.12. The number of hydrogen-bond acceptors (Lipinski definition) is 3. The number of ether oxygens (including phenoxy) is 1. The van der Waals surface area contributed by atoms with Crippen LogP contribution in [0.5, 0.6) is 5.75 Å². The van der Waals surface area contributed by atoms with E-state index in [2.05, 4.69) is 0 Å². The Morgan fingerprint density at radius 1 is 1.24 bits per heavy atom. The number of rotatable bonds is 5. The summed E-state index contributed by atoms with van der Waals surface area (Å²) < 4.78 is 5.67. The fourth-order valence-electron chi connectivity index (χ4n) is 1.92. The summed E-state index contributed by atoms with van der Waals surface area (Å²) >= 11 is 6.10. The maximum atomic E-state index is 9.73. The van der Waals surface area contributed by atoms with E-state index in [-0.39, 0.29) is 0 Å². The molecule has 0 aromatic heterocycles. The van der Waals surface area contributed by atoms with Gasteiger partial charge in [-0.2, -0.15) is 5.26 Å². The first-order chi connectivity index (χ1) is 10.1. The molecule has 0 saturated carbocycles. The van der Waals surface area contributed by atoms with Crippen LogP contribution in [0.15, 0.2) is 42.5 Å². The number of hydrogen-bond donors (Lipinski definition) is 1. The van der Waals surface area contributed by atoms with Gasteiger partial charge in [0.15, 0.2) is 0 Å². The first-order valence-electron chi connectivity index (χ1n) is 6.73. The third-order valence-electron chi connectivity index (χ3n) is 3.23. The van der Waals surface area contributed by atoms with Gasteiger partial charge in [0.2, 0.25) is 0 Å². The van der Waals surface area contributed by atoms with Crippen molar-refractivity contribution < 1.29 is 9.84 Å². The lowest BCUT2D eigenvalue weighted by atomic mass is 10.1. The summed E-state index contributed by atoms with van der Waals surface area (Å²) in [6, 6.07) is 14.5. The van der Waals surface area contributed by atoms with Crippen LogP contribution in [0, 0.1) is 11.3 Å². The van der Waals surface area contributed by atoms with Crippen molar-refractivity contribution in [1.29, 1.82) is 5.26 Å². The quantitative estimate of drug-likeness (QED) is 0.899. The maximum Gasteiger partial charge on any atom is 0.119 e. The average molecular weight is 302 g/mol. The molecule has 0 fully saturated rings. The number of nitrogens with zero attached hydrogens (tertiary/aromatic N) is 1. The smallest absolute Gasteiger partial charge is 0.119 e. The van der Waals surface area contributed by atoms with Crippen molar-refractivity contribution >= 4 is 11.6 Å². The monoisotopic (exact) mass is 301 g/mol. The molecule has 2 aromatic carbocycles. The van der Waals surface area contributed by atoms with Crippen molar-refractivity contribution in [2.24, 2.45) is 0 Å². The van der Waals surface area contributed by atoms with Crippen LogP contribution in [-0.2, 0) is 6.61 Å². The van der Waals surface area contributed by atoms with E-state index in [1.54, 1.807) is 18.2 Å². The SMILES string of the molecule is CC[C@@H](O)c1ccc(OCc2ccc(C#N)cc2Cl)cc1. The predicted octanol–water partition coefficient (Wildman–Crippen LogP) is 4.23. The Hall–Kier alpha value is -2.02. The first-order valence-corrected chi connectivity index (χ1v) is 7.11. The minimum atomic E-state index is -0.438. The van der Waals surface area contributed by atoms with Gasteiger partial charge in [-0.3, -0.25) is 0 Å². The zero-order valence-corrected chi connectivity index (χ0v) is 12.5. The zero-order valence-electron chi connectivity index (χ0n) is 11.7. The van der Waals surface area contributed by atoms with E-state index in [1.165, 1.54) is 0 Å². The molecule has 0 saturated heterocycles. The van der Waals surface area contributed by atoms with Crippen LogP contribution in [-0.4, -0.2) is 5.11 Å². The standard InChI is InChI=1S/C17H16ClNO2/c1-2-17(20)13-5-7-15(8-6-13)21-11-14-4-3-12(10-19)9-16(14)18/h3-9,17,20H,2,11H2,1H3/t17-/m1/s1. The molecule has 2 rings (SSSR count). The van der Waals surface area contributed by atoms with Gasteiger partial charge < -0.3 is 9.84 Å². The molecular weight excluding hydrogens is 286 g/mol. The van der Waals surface area contributed by atoms with Crippen LogP contribution in [0.2, 0.25) is 5.02 Å². The van der Waals surface area contributed by atoms with Gasteiger partial charge in [-0.25, -0.2) is 0 Å². The van der Waals surface area contributed by atoms with Gasteiger partial charge in [-0.15, -0.1) is 0 Å². The van der Waals surface area contributed by atoms with Gasteiger partial charge in [0, 0.05) is 10.6 Å². The van der Waals surface area contributed by atoms with Crippen LogP contribution in [0.25, 0.3) is 0 Å². The van der Waals surface area contributed by atoms with Crippen molar-refractivity contribution in [2.45, 2.75) is 26.1 Å². The van der Waals surface area contributed by atoms with Crippen LogP contribution >= 0.6 is 11.6 Å². The minimum Gasteiger partial charge on any atom is -0.489 e. The van der Waals surface area contributed by atoms with Crippen molar-refractivity contribution in [3.63, 3.8) is 0 Å². The summed E-state index contributed by atoms with van der Waals surface area (Å²) in [6.07, 6.45) is 0.244. The lowest BCUT2D eigenvalue weighted by Gasteiger charge is -2.11. The molecule has 4 heteroatoms. The summed E-state index contributed by atoms with van der Waals surface area (Å²) in [5, 5.41) is 19.0. The molecule has 0 aliphatic carbocycles. The van der Waals surface area contributed by atoms with E-state index in [4.69, 9.17) is 21.6 Å². The maximum absolute atomic E-state index is 9.73. The van der Waals surface area contributed by atoms with Crippen molar-refractivity contribution in [3.05, 3.63) is 64.2 Å². The van der Waals surface area contributed by atoms with Gasteiger partial charge in [0.1, 0.15) is 12.4 Å². The first kappa shape index (κ1) is 15.4. The Morgan fingerprint density at radius 3 is 2.52 bits per heavy atom. The zero-order chi connectivity index (χ0) is 15.2. The van der Waals surface area contributed by atoms with E-state index in [0.29, 0.717) is 29.4 Å². The lowest BCUT2D eigenvalue weighted by Crippen LogP contribution is -1.98. The number of aliphatic hydroxyl groups is 1. The molecule has 1 atom stereocenters. The van der Waals surface area contributed by atoms with Crippen molar-refractivity contribution in [1.82, 2.24) is 0 Å². The van der Waals surface area contributed by atoms with Gasteiger partial charge in [0.25, 0.3) is 0 Å². The molecule has 21 heavy (non-hydrogen) atoms. The minimum absolute atomic E-state index is 0.334. The van der Waals surface area contributed by atoms with Crippen LogP contribution in [0.4, 0.5) is 0 Å². The topological polar surface area (TPSA) is 53.2 Å². The van der Waals surface area contributed by atoms with Gasteiger partial charge in [-0.1, -0.05) is 36.7 Å². The van der Waals surface area contributed by atoms with Crippen molar-refractivity contribution in [2.75, 3.05) is 0 Å². The highest BCUT2D eigenvalue weighted by Crippen LogP contribution is 2.22. The van der Waals surface area contributed by atoms with E-state index < -0.39 is 6.10 Å². The molecule has 3 nitrogen and oxygen atoms in total. The largest absolute Gasteiger partial charge is 0.489 e. The number of halogens is 1. The number of benzene rings is 2. The molecule has 0 spiro atoms. The second-order valence-electron chi connectivity index (χ2n) is 4.70. The Bertz CT molecular complexity index is 647. The normalized spacial score (nSPS) is 11.7. The van der Waals surface area contributed by atoms with Crippen LogP contribution in [0.1, 0.15) is 36.1 Å². The summed E-state index contributed by atoms with van der Waals surface area (Å²) in [5.41, 5.74) is 2.23. The van der Waals surface area contributed by atoms with Gasteiger partial charge in [-0.05, 0) is 36.2 Å². The lowest BCUT2D eigenvalue weighted by molar-refractivity contribution is 0.173. The van der Waals surface area contributed by atoms with Gasteiger partial charge in [0.05, 0.1) is 17.7 Å². The van der Waals surface area contributed by atoms with Crippen molar-refractivity contribution in [3.8, 4) is 11.8 Å². The Kier molecular flexibility index (Phi) is 5.21. The Morgan fingerprint density at radius 2 is 1.95 bits per heavy atom. The third kappa shape index (κ3) is 3.98. The summed E-state index contributed by atoms with van der Waals surface area (Å²) in [6.45, 7) is 2.27. The van der Waals surface area contributed by atoms with E-state index in [0.717, 1.165) is 11.1 Å². The average Bonchev–Trinajstić information content (AvgIpc) is 2.53. The molecule has 0 heterocycles. The number of aliphatic hydroxyl groups excluding tert-OH is 1. The highest BCUT2D eigenvalue weighted by molar-refractivity contribution is 6.31. The predicted molar refractivity (Wildman–Crippen MR) is 82.2 cm³/mol. The summed E-state index contributed by atoms with van der Waals surface area (Å²) in [7, 11) is 0. The molecule has 2 aromatic rings. The van der Waals surface area contributed by atoms with Crippen LogP contribution < -0.4 is 4.74 Å². The summed E-state index contributed by atoms with van der Waals surface area (Å²) in [5.74, 6) is 0.711. The van der Waals surface area contributed by atoms with E-state index in [9.17, 15) is 5.11 Å². The van der Waals surface area contributed by atoms with Gasteiger partial charge >= 0.3 is 0 Å². The van der Waals surface area contributed by atoms with E-state index in [1.807, 2.05) is 37.3 Å². The molecule has 0 amide bonds.